The lowest BCUT2D eigenvalue weighted by Gasteiger charge is -2.30. The molecule has 1 spiro atoms. The average Bonchev–Trinajstić information content (AvgIpc) is 3.21. The summed E-state index contributed by atoms with van der Waals surface area (Å²) in [7, 11) is 0. The summed E-state index contributed by atoms with van der Waals surface area (Å²) in [6.45, 7) is 3.00. The number of carbonyl (C=O) groups excluding carboxylic acids is 2. The van der Waals surface area contributed by atoms with Crippen molar-refractivity contribution in [3.05, 3.63) is 23.9 Å². The van der Waals surface area contributed by atoms with Gasteiger partial charge in [-0.1, -0.05) is 6.42 Å². The first kappa shape index (κ1) is 16.4. The van der Waals surface area contributed by atoms with Gasteiger partial charge in [0.1, 0.15) is 11.4 Å². The highest BCUT2D eigenvalue weighted by molar-refractivity contribution is 5.89. The zero-order chi connectivity index (χ0) is 17.4. The maximum atomic E-state index is 12.5. The van der Waals surface area contributed by atoms with Gasteiger partial charge in [-0.3, -0.25) is 9.69 Å². The van der Waals surface area contributed by atoms with E-state index in [-0.39, 0.29) is 23.6 Å². The maximum Gasteiger partial charge on any atom is 0.416 e. The summed E-state index contributed by atoms with van der Waals surface area (Å²) in [4.78, 5) is 32.3. The molecule has 1 aliphatic carbocycles. The fraction of sp³-hybridized carbons (Fsp3) is 0.632. The van der Waals surface area contributed by atoms with Crippen LogP contribution in [0.4, 0.5) is 10.6 Å². The van der Waals surface area contributed by atoms with Gasteiger partial charge in [0.2, 0.25) is 5.91 Å². The van der Waals surface area contributed by atoms with Gasteiger partial charge in [-0.15, -0.1) is 0 Å². The van der Waals surface area contributed by atoms with Gasteiger partial charge in [0.25, 0.3) is 0 Å². The SMILES string of the molecule is CC(=O)N1CCC[C@H]1c1ccnc(N2CC3(CCCCC3)OC2=O)c1. The standard InChI is InChI=1S/C19H25N3O3/c1-14(23)21-11-5-6-16(21)15-7-10-20-17(12-15)22-13-19(25-18(22)24)8-3-2-4-9-19/h7,10,12,16H,2-6,8-9,11,13H2,1H3/t16-/m0/s1. The molecule has 134 valence electrons. The third kappa shape index (κ3) is 2.98. The Morgan fingerprint density at radius 2 is 2.08 bits per heavy atom. The quantitative estimate of drug-likeness (QED) is 0.825. The number of hydrogen-bond donors (Lipinski definition) is 0. The lowest BCUT2D eigenvalue weighted by Crippen LogP contribution is -2.36. The number of ether oxygens (including phenoxy) is 1. The third-order valence-corrected chi connectivity index (χ3v) is 5.82. The van der Waals surface area contributed by atoms with Gasteiger partial charge in [0.15, 0.2) is 0 Å². The minimum absolute atomic E-state index is 0.0847. The van der Waals surface area contributed by atoms with Crippen LogP contribution in [0.3, 0.4) is 0 Å². The van der Waals surface area contributed by atoms with Crippen LogP contribution in [0.1, 0.15) is 63.5 Å². The van der Waals surface area contributed by atoms with Gasteiger partial charge < -0.3 is 9.64 Å². The van der Waals surface area contributed by atoms with Gasteiger partial charge in [0, 0.05) is 19.7 Å². The minimum atomic E-state index is -0.328. The van der Waals surface area contributed by atoms with Crippen LogP contribution in [0.15, 0.2) is 18.3 Å². The number of likely N-dealkylation sites (tertiary alicyclic amines) is 1. The summed E-state index contributed by atoms with van der Waals surface area (Å²) in [5, 5.41) is 0. The fourth-order valence-electron chi connectivity index (χ4n) is 4.54. The summed E-state index contributed by atoms with van der Waals surface area (Å²) in [6, 6.07) is 3.99. The normalized spacial score (nSPS) is 25.5. The smallest absolute Gasteiger partial charge is 0.416 e. The maximum absolute atomic E-state index is 12.5. The van der Waals surface area contributed by atoms with Crippen LogP contribution in [0, 0.1) is 0 Å². The van der Waals surface area contributed by atoms with Crippen LogP contribution in [0.25, 0.3) is 0 Å². The van der Waals surface area contributed by atoms with E-state index in [4.69, 9.17) is 4.74 Å². The van der Waals surface area contributed by atoms with Crippen molar-refractivity contribution in [2.75, 3.05) is 18.0 Å². The van der Waals surface area contributed by atoms with E-state index in [0.29, 0.717) is 12.4 Å². The van der Waals surface area contributed by atoms with E-state index in [9.17, 15) is 9.59 Å². The molecule has 0 unspecified atom stereocenters. The highest BCUT2D eigenvalue weighted by Crippen LogP contribution is 2.39. The van der Waals surface area contributed by atoms with E-state index >= 15 is 0 Å². The molecule has 2 amide bonds. The van der Waals surface area contributed by atoms with Gasteiger partial charge in [0.05, 0.1) is 12.6 Å². The van der Waals surface area contributed by atoms with Crippen molar-refractivity contribution in [3.63, 3.8) is 0 Å². The van der Waals surface area contributed by atoms with Crippen molar-refractivity contribution < 1.29 is 14.3 Å². The Kier molecular flexibility index (Phi) is 4.13. The van der Waals surface area contributed by atoms with E-state index in [1.807, 2.05) is 17.0 Å². The topological polar surface area (TPSA) is 62.7 Å². The molecule has 0 aromatic carbocycles. The van der Waals surface area contributed by atoms with E-state index in [1.54, 1.807) is 18.0 Å². The van der Waals surface area contributed by atoms with E-state index in [2.05, 4.69) is 4.98 Å². The summed E-state index contributed by atoms with van der Waals surface area (Å²) >= 11 is 0. The lowest BCUT2D eigenvalue weighted by molar-refractivity contribution is -0.129. The summed E-state index contributed by atoms with van der Waals surface area (Å²) < 4.78 is 5.76. The number of aromatic nitrogens is 1. The first-order valence-electron chi connectivity index (χ1n) is 9.32. The molecule has 1 aromatic heterocycles. The van der Waals surface area contributed by atoms with Gasteiger partial charge in [-0.2, -0.15) is 0 Å². The van der Waals surface area contributed by atoms with Crippen molar-refractivity contribution >= 4 is 17.8 Å². The molecule has 0 N–H and O–H groups in total. The van der Waals surface area contributed by atoms with Crippen LogP contribution >= 0.6 is 0 Å². The van der Waals surface area contributed by atoms with Crippen molar-refractivity contribution in [2.24, 2.45) is 0 Å². The third-order valence-electron chi connectivity index (χ3n) is 5.82. The molecule has 2 aliphatic heterocycles. The van der Waals surface area contributed by atoms with Crippen molar-refractivity contribution in [2.45, 2.75) is 63.5 Å². The number of pyridine rings is 1. The first-order valence-corrected chi connectivity index (χ1v) is 9.32. The van der Waals surface area contributed by atoms with Crippen molar-refractivity contribution in [1.82, 2.24) is 9.88 Å². The molecule has 25 heavy (non-hydrogen) atoms. The molecule has 2 saturated heterocycles. The number of nitrogens with zero attached hydrogens (tertiary/aromatic N) is 3. The Hall–Kier alpha value is -2.11. The molecule has 0 bridgehead atoms. The van der Waals surface area contributed by atoms with Gasteiger partial charge >= 0.3 is 6.09 Å². The largest absolute Gasteiger partial charge is 0.441 e. The van der Waals surface area contributed by atoms with Crippen LogP contribution in [-0.4, -0.2) is 40.6 Å². The number of carbonyl (C=O) groups is 2. The number of rotatable bonds is 2. The number of hydrogen-bond acceptors (Lipinski definition) is 4. The molecule has 3 aliphatic rings. The van der Waals surface area contributed by atoms with Crippen molar-refractivity contribution in [3.8, 4) is 0 Å². The molecule has 1 saturated carbocycles. The highest BCUT2D eigenvalue weighted by atomic mass is 16.6. The summed E-state index contributed by atoms with van der Waals surface area (Å²) in [6.07, 6.45) is 8.74. The molecular weight excluding hydrogens is 318 g/mol. The van der Waals surface area contributed by atoms with Gasteiger partial charge in [-0.25, -0.2) is 9.78 Å². The predicted molar refractivity (Wildman–Crippen MR) is 93.2 cm³/mol. The molecule has 6 nitrogen and oxygen atoms in total. The Bertz CT molecular complexity index is 684. The molecule has 3 fully saturated rings. The second kappa shape index (κ2) is 6.32. The van der Waals surface area contributed by atoms with Crippen LogP contribution in [0.5, 0.6) is 0 Å². The van der Waals surface area contributed by atoms with Crippen molar-refractivity contribution in [1.29, 1.82) is 0 Å². The molecule has 1 aromatic rings. The monoisotopic (exact) mass is 343 g/mol. The van der Waals surface area contributed by atoms with E-state index in [0.717, 1.165) is 50.6 Å². The molecule has 6 heteroatoms. The Balaban J connectivity index is 1.57. The summed E-state index contributed by atoms with van der Waals surface area (Å²) in [5.41, 5.74) is 0.723. The van der Waals surface area contributed by atoms with Crippen LogP contribution in [-0.2, 0) is 9.53 Å². The Morgan fingerprint density at radius 3 is 2.84 bits per heavy atom. The van der Waals surface area contributed by atoms with E-state index in [1.165, 1.54) is 6.42 Å². The second-order valence-corrected chi connectivity index (χ2v) is 7.52. The molecule has 3 heterocycles. The zero-order valence-electron chi connectivity index (χ0n) is 14.7. The molecule has 4 rings (SSSR count). The van der Waals surface area contributed by atoms with E-state index < -0.39 is 0 Å². The summed E-state index contributed by atoms with van der Waals surface area (Å²) in [5.74, 6) is 0.739. The minimum Gasteiger partial charge on any atom is -0.441 e. The average molecular weight is 343 g/mol. The Labute approximate surface area is 148 Å². The second-order valence-electron chi connectivity index (χ2n) is 7.52. The predicted octanol–water partition coefficient (Wildman–Crippen LogP) is 3.42. The van der Waals surface area contributed by atoms with Crippen LogP contribution < -0.4 is 4.90 Å². The lowest BCUT2D eigenvalue weighted by atomic mass is 9.85. The molecule has 1 atom stereocenters. The van der Waals surface area contributed by atoms with Gasteiger partial charge in [-0.05, 0) is 56.2 Å². The van der Waals surface area contributed by atoms with Crippen LogP contribution in [0.2, 0.25) is 0 Å². The first-order chi connectivity index (χ1) is 12.1. The highest BCUT2D eigenvalue weighted by Gasteiger charge is 2.46. The molecule has 0 radical (unpaired) electrons. The Morgan fingerprint density at radius 1 is 1.28 bits per heavy atom. The number of amides is 2. The molecular formula is C19H25N3O3. The number of anilines is 1. The zero-order valence-corrected chi connectivity index (χ0v) is 14.7. The fourth-order valence-corrected chi connectivity index (χ4v) is 4.54.